The summed E-state index contributed by atoms with van der Waals surface area (Å²) in [4.78, 5) is 42.6. The molecule has 0 aromatic heterocycles. The van der Waals surface area contributed by atoms with Crippen LogP contribution >= 0.6 is 58.0 Å². The Labute approximate surface area is 223 Å². The molecule has 1 fully saturated rings. The van der Waals surface area contributed by atoms with Gasteiger partial charge in [-0.2, -0.15) is 0 Å². The first-order valence-electron chi connectivity index (χ1n) is 10.1. The van der Waals surface area contributed by atoms with Gasteiger partial charge < -0.3 is 4.90 Å². The number of imide groups is 1. The van der Waals surface area contributed by atoms with Crippen molar-refractivity contribution in [3.05, 3.63) is 95.6 Å². The zero-order valence-electron chi connectivity index (χ0n) is 17.6. The van der Waals surface area contributed by atoms with Gasteiger partial charge in [0.1, 0.15) is 11.9 Å². The minimum absolute atomic E-state index is 0.175. The van der Waals surface area contributed by atoms with Crippen molar-refractivity contribution in [2.24, 2.45) is 0 Å². The lowest BCUT2D eigenvalue weighted by Gasteiger charge is -2.50. The van der Waals surface area contributed by atoms with Crippen molar-refractivity contribution in [3.8, 4) is 0 Å². The van der Waals surface area contributed by atoms with E-state index in [0.29, 0.717) is 21.8 Å². The van der Waals surface area contributed by atoms with Gasteiger partial charge in [-0.25, -0.2) is 4.39 Å². The fourth-order valence-corrected chi connectivity index (χ4v) is 5.65. The molecular weight excluding hydrogens is 561 g/mol. The van der Waals surface area contributed by atoms with Crippen LogP contribution < -0.4 is 4.90 Å². The number of carbonyl (C=O) groups is 3. The molecule has 2 aliphatic rings. The first kappa shape index (κ1) is 24.3. The summed E-state index contributed by atoms with van der Waals surface area (Å²) >= 11 is 31.0. The van der Waals surface area contributed by atoms with Crippen molar-refractivity contribution < 1.29 is 18.8 Å². The molecule has 0 N–H and O–H groups in total. The smallest absolute Gasteiger partial charge is 0.264 e. The SMILES string of the molecule is Cc1c(Cl)cccc1N1C(=O)[C@@H](N2C(=O)c3c(Cl)c(Cl)c(Cl)c(Cl)c3C2=O)[C@H]1c1ccc(F)cc1. The number of benzene rings is 3. The van der Waals surface area contributed by atoms with E-state index < -0.39 is 35.6 Å². The number of amides is 3. The lowest BCUT2D eigenvalue weighted by Crippen LogP contribution is -2.67. The van der Waals surface area contributed by atoms with Crippen LogP contribution in [0.25, 0.3) is 0 Å². The fraction of sp³-hybridized carbons (Fsp3) is 0.125. The van der Waals surface area contributed by atoms with E-state index in [-0.39, 0.29) is 31.2 Å². The van der Waals surface area contributed by atoms with Crippen molar-refractivity contribution in [1.29, 1.82) is 0 Å². The van der Waals surface area contributed by atoms with Crippen molar-refractivity contribution in [2.45, 2.75) is 19.0 Å². The van der Waals surface area contributed by atoms with Crippen LogP contribution in [0, 0.1) is 12.7 Å². The Hall–Kier alpha value is -2.35. The molecule has 11 heteroatoms. The summed E-state index contributed by atoms with van der Waals surface area (Å²) < 4.78 is 13.7. The maximum absolute atomic E-state index is 13.7. The standard InChI is InChI=1S/C24H12Cl5FN2O3/c1-9-12(25)3-2-4-13(9)31-20(10-5-7-11(30)8-6-10)21(24(31)35)32-22(33)14-15(23(32)34)17(27)19(29)18(28)16(14)26/h2-8,20-21H,1H3/t20-,21+/m1/s1. The van der Waals surface area contributed by atoms with Crippen LogP contribution in [0.1, 0.15) is 37.9 Å². The topological polar surface area (TPSA) is 57.7 Å². The van der Waals surface area contributed by atoms with Gasteiger partial charge >= 0.3 is 0 Å². The minimum atomic E-state index is -1.25. The molecule has 0 spiro atoms. The van der Waals surface area contributed by atoms with E-state index in [1.807, 2.05) is 0 Å². The fourth-order valence-electron chi connectivity index (χ4n) is 4.46. The van der Waals surface area contributed by atoms with Crippen LogP contribution in [0.5, 0.6) is 0 Å². The lowest BCUT2D eigenvalue weighted by molar-refractivity contribution is -0.130. The third-order valence-corrected chi connectivity index (χ3v) is 8.40. The van der Waals surface area contributed by atoms with E-state index in [1.165, 1.54) is 29.2 Å². The molecule has 3 aromatic carbocycles. The molecule has 0 unspecified atom stereocenters. The van der Waals surface area contributed by atoms with Crippen LogP contribution in [0.3, 0.4) is 0 Å². The number of hydrogen-bond acceptors (Lipinski definition) is 3. The largest absolute Gasteiger partial charge is 0.300 e. The van der Waals surface area contributed by atoms with E-state index in [0.717, 1.165) is 4.90 Å². The van der Waals surface area contributed by atoms with E-state index in [4.69, 9.17) is 58.0 Å². The average molecular weight is 573 g/mol. The lowest BCUT2D eigenvalue weighted by atomic mass is 9.85. The van der Waals surface area contributed by atoms with Crippen LogP contribution in [-0.4, -0.2) is 28.7 Å². The van der Waals surface area contributed by atoms with Crippen molar-refractivity contribution >= 4 is 81.4 Å². The second kappa shape index (κ2) is 8.64. The summed E-state index contributed by atoms with van der Waals surface area (Å²) in [5.41, 5.74) is 1.17. The molecule has 35 heavy (non-hydrogen) atoms. The molecule has 5 nitrogen and oxygen atoms in total. The van der Waals surface area contributed by atoms with Crippen LogP contribution in [0.15, 0.2) is 42.5 Å². The maximum atomic E-state index is 13.7. The third kappa shape index (κ3) is 3.46. The highest BCUT2D eigenvalue weighted by atomic mass is 35.5. The summed E-state index contributed by atoms with van der Waals surface area (Å²) in [7, 11) is 0. The van der Waals surface area contributed by atoms with Gasteiger partial charge in [0.05, 0.1) is 37.3 Å². The van der Waals surface area contributed by atoms with Gasteiger partial charge in [-0.15, -0.1) is 0 Å². The number of carbonyl (C=O) groups excluding carboxylic acids is 3. The van der Waals surface area contributed by atoms with Gasteiger partial charge in [0.2, 0.25) is 0 Å². The summed E-state index contributed by atoms with van der Waals surface area (Å²) in [6, 6.07) is 8.40. The molecule has 2 atom stereocenters. The number of hydrogen-bond donors (Lipinski definition) is 0. The number of anilines is 1. The highest BCUT2D eigenvalue weighted by Gasteiger charge is 2.58. The molecule has 0 saturated carbocycles. The van der Waals surface area contributed by atoms with E-state index in [2.05, 4.69) is 0 Å². The van der Waals surface area contributed by atoms with Crippen molar-refractivity contribution in [2.75, 3.05) is 4.90 Å². The monoisotopic (exact) mass is 570 g/mol. The Morgan fingerprint density at radius 2 is 1.26 bits per heavy atom. The third-order valence-electron chi connectivity index (χ3n) is 6.19. The number of halogens is 6. The molecule has 2 heterocycles. The van der Waals surface area contributed by atoms with Gasteiger partial charge in [0.25, 0.3) is 17.7 Å². The molecule has 1 saturated heterocycles. The first-order valence-corrected chi connectivity index (χ1v) is 12.0. The van der Waals surface area contributed by atoms with E-state index in [1.54, 1.807) is 25.1 Å². The Morgan fingerprint density at radius 3 is 1.80 bits per heavy atom. The molecule has 178 valence electrons. The zero-order chi connectivity index (χ0) is 25.3. The van der Waals surface area contributed by atoms with Crippen LogP contribution in [0.4, 0.5) is 10.1 Å². The summed E-state index contributed by atoms with van der Waals surface area (Å²) in [5, 5.41) is -0.383. The normalized spacial score (nSPS) is 19.3. The zero-order valence-corrected chi connectivity index (χ0v) is 21.4. The Bertz CT molecular complexity index is 1410. The predicted molar refractivity (Wildman–Crippen MR) is 134 cm³/mol. The van der Waals surface area contributed by atoms with Gasteiger partial charge in [0.15, 0.2) is 0 Å². The molecule has 3 amide bonds. The molecule has 2 aliphatic heterocycles. The van der Waals surface area contributed by atoms with Gasteiger partial charge in [0, 0.05) is 10.7 Å². The first-order chi connectivity index (χ1) is 16.6. The number of β-lactam (4-membered cyclic amide) rings is 1. The summed E-state index contributed by atoms with van der Waals surface area (Å²) in [5.74, 6) is -2.68. The minimum Gasteiger partial charge on any atom is -0.300 e. The maximum Gasteiger partial charge on any atom is 0.264 e. The Balaban J connectivity index is 1.65. The van der Waals surface area contributed by atoms with Gasteiger partial charge in [-0.3, -0.25) is 19.3 Å². The summed E-state index contributed by atoms with van der Waals surface area (Å²) in [6.45, 7) is 1.74. The Morgan fingerprint density at radius 1 is 0.714 bits per heavy atom. The predicted octanol–water partition coefficient (Wildman–Crippen LogP) is 7.15. The van der Waals surface area contributed by atoms with Gasteiger partial charge in [-0.05, 0) is 42.3 Å². The molecule has 3 aromatic rings. The highest BCUT2D eigenvalue weighted by Crippen LogP contribution is 2.49. The number of rotatable bonds is 3. The van der Waals surface area contributed by atoms with Crippen molar-refractivity contribution in [1.82, 2.24) is 4.90 Å². The summed E-state index contributed by atoms with van der Waals surface area (Å²) in [6.07, 6.45) is 0. The number of nitrogens with zero attached hydrogens (tertiary/aromatic N) is 2. The molecule has 0 bridgehead atoms. The van der Waals surface area contributed by atoms with E-state index >= 15 is 0 Å². The number of fused-ring (bicyclic) bond motifs is 1. The quantitative estimate of drug-likeness (QED) is 0.145. The Kier molecular flexibility index (Phi) is 6.01. The van der Waals surface area contributed by atoms with Gasteiger partial charge in [-0.1, -0.05) is 76.2 Å². The van der Waals surface area contributed by atoms with Crippen LogP contribution in [-0.2, 0) is 4.79 Å². The second-order valence-electron chi connectivity index (χ2n) is 8.02. The average Bonchev–Trinajstić information content (AvgIpc) is 3.08. The molecular formula is C24H12Cl5FN2O3. The van der Waals surface area contributed by atoms with Crippen molar-refractivity contribution in [3.63, 3.8) is 0 Å². The molecule has 5 rings (SSSR count). The second-order valence-corrected chi connectivity index (χ2v) is 9.94. The molecule has 0 radical (unpaired) electrons. The van der Waals surface area contributed by atoms with Crippen LogP contribution in [0.2, 0.25) is 25.1 Å². The molecule has 0 aliphatic carbocycles. The van der Waals surface area contributed by atoms with E-state index in [9.17, 15) is 18.8 Å². The highest BCUT2D eigenvalue weighted by molar-refractivity contribution is 6.55.